The van der Waals surface area contributed by atoms with Gasteiger partial charge in [-0.3, -0.25) is 4.99 Å². The van der Waals surface area contributed by atoms with Crippen molar-refractivity contribution in [1.29, 1.82) is 0 Å². The summed E-state index contributed by atoms with van der Waals surface area (Å²) in [4.78, 5) is 5.97. The van der Waals surface area contributed by atoms with Crippen molar-refractivity contribution in [1.82, 2.24) is 4.57 Å². The highest BCUT2D eigenvalue weighted by Gasteiger charge is 2.09. The first-order valence-electron chi connectivity index (χ1n) is 9.13. The lowest BCUT2D eigenvalue weighted by Crippen LogP contribution is -3.00. The Morgan fingerprint density at radius 2 is 1.39 bits per heavy atom. The molecule has 28 heavy (non-hydrogen) atoms. The molecule has 0 aliphatic rings. The lowest BCUT2D eigenvalue weighted by atomic mass is 10.1. The second kappa shape index (κ2) is 9.67. The van der Waals surface area contributed by atoms with E-state index in [2.05, 4.69) is 95.7 Å². The fraction of sp³-hybridized carbons (Fsp3) is 0.125. The molecule has 0 aliphatic carbocycles. The third-order valence-corrected chi connectivity index (χ3v) is 5.47. The second-order valence-electron chi connectivity index (χ2n) is 6.64. The van der Waals surface area contributed by atoms with Crippen LogP contribution in [0.1, 0.15) is 16.7 Å². The van der Waals surface area contributed by atoms with Gasteiger partial charge >= 0.3 is 0 Å². The monoisotopic (exact) mass is 449 g/mol. The molecule has 0 unspecified atom stereocenters. The van der Waals surface area contributed by atoms with E-state index in [1.54, 1.807) is 11.3 Å². The van der Waals surface area contributed by atoms with Crippen LogP contribution < -0.4 is 21.8 Å². The number of hydrogen-bond acceptors (Lipinski definition) is 2. The molecule has 0 N–H and O–H groups in total. The van der Waals surface area contributed by atoms with E-state index in [4.69, 9.17) is 4.99 Å². The number of benzene rings is 3. The van der Waals surface area contributed by atoms with Crippen molar-refractivity contribution in [3.8, 4) is 11.3 Å². The number of aromatic nitrogens is 1. The van der Waals surface area contributed by atoms with Gasteiger partial charge in [-0.05, 0) is 23.6 Å². The molecule has 0 aliphatic heterocycles. The highest BCUT2D eigenvalue weighted by atomic mass is 79.9. The highest BCUT2D eigenvalue weighted by Crippen LogP contribution is 2.22. The summed E-state index contributed by atoms with van der Waals surface area (Å²) in [6.07, 6.45) is 0. The van der Waals surface area contributed by atoms with Crippen LogP contribution in [0.5, 0.6) is 0 Å². The quantitative estimate of drug-likeness (QED) is 0.445. The number of halogens is 1. The van der Waals surface area contributed by atoms with Crippen LogP contribution in [0.3, 0.4) is 0 Å². The maximum atomic E-state index is 4.92. The van der Waals surface area contributed by atoms with Crippen LogP contribution in [0.2, 0.25) is 0 Å². The standard InChI is InChI=1S/C24H22N2S.BrH/c1-19-12-14-22(15-13-19)23-18-27-24(25-16-20-8-4-2-5-9-20)26(23)17-21-10-6-3-7-11-21;/h2-15,18H,16-17H2,1H3;1H/p-1. The van der Waals surface area contributed by atoms with Gasteiger partial charge in [0.15, 0.2) is 4.80 Å². The largest absolute Gasteiger partial charge is 1.00 e. The smallest absolute Gasteiger partial charge is 0.185 e. The van der Waals surface area contributed by atoms with E-state index in [1.807, 2.05) is 6.07 Å². The van der Waals surface area contributed by atoms with Crippen molar-refractivity contribution >= 4 is 11.3 Å². The van der Waals surface area contributed by atoms with E-state index in [0.29, 0.717) is 6.54 Å². The summed E-state index contributed by atoms with van der Waals surface area (Å²) in [5.41, 5.74) is 6.24. The number of thiazole rings is 1. The van der Waals surface area contributed by atoms with Crippen molar-refractivity contribution in [2.24, 2.45) is 4.99 Å². The molecule has 1 heterocycles. The first kappa shape index (κ1) is 20.3. The van der Waals surface area contributed by atoms with Crippen molar-refractivity contribution in [3.63, 3.8) is 0 Å². The van der Waals surface area contributed by atoms with Crippen LogP contribution in [0, 0.1) is 6.92 Å². The van der Waals surface area contributed by atoms with Gasteiger partial charge < -0.3 is 21.5 Å². The zero-order valence-corrected chi connectivity index (χ0v) is 18.2. The topological polar surface area (TPSA) is 17.3 Å². The van der Waals surface area contributed by atoms with Crippen LogP contribution in [-0.4, -0.2) is 4.57 Å². The van der Waals surface area contributed by atoms with E-state index >= 15 is 0 Å². The molecule has 4 heteroatoms. The summed E-state index contributed by atoms with van der Waals surface area (Å²) in [5.74, 6) is 0. The highest BCUT2D eigenvalue weighted by molar-refractivity contribution is 7.07. The molecule has 0 atom stereocenters. The van der Waals surface area contributed by atoms with Crippen LogP contribution in [-0.2, 0) is 13.1 Å². The lowest BCUT2D eigenvalue weighted by molar-refractivity contribution is -0.00000538. The minimum absolute atomic E-state index is 0. The molecule has 0 spiro atoms. The van der Waals surface area contributed by atoms with Gasteiger partial charge in [0.2, 0.25) is 0 Å². The zero-order chi connectivity index (χ0) is 18.5. The molecule has 1 aromatic heterocycles. The van der Waals surface area contributed by atoms with Gasteiger partial charge in [0.25, 0.3) is 0 Å². The van der Waals surface area contributed by atoms with E-state index in [9.17, 15) is 0 Å². The van der Waals surface area contributed by atoms with E-state index < -0.39 is 0 Å². The third-order valence-electron chi connectivity index (χ3n) is 4.57. The molecule has 0 bridgehead atoms. The van der Waals surface area contributed by atoms with Gasteiger partial charge in [-0.1, -0.05) is 90.5 Å². The lowest BCUT2D eigenvalue weighted by Gasteiger charge is -2.10. The fourth-order valence-corrected chi connectivity index (χ4v) is 3.98. The summed E-state index contributed by atoms with van der Waals surface area (Å²) in [6, 6.07) is 29.7. The average Bonchev–Trinajstić information content (AvgIpc) is 3.11. The number of rotatable bonds is 5. The molecule has 2 nitrogen and oxygen atoms in total. The van der Waals surface area contributed by atoms with E-state index in [-0.39, 0.29) is 17.0 Å². The van der Waals surface area contributed by atoms with Crippen LogP contribution >= 0.6 is 11.3 Å². The average molecular weight is 450 g/mol. The number of hydrogen-bond donors (Lipinski definition) is 0. The maximum absolute atomic E-state index is 4.92. The van der Waals surface area contributed by atoms with E-state index in [1.165, 1.54) is 27.9 Å². The van der Waals surface area contributed by atoms with Crippen LogP contribution in [0.25, 0.3) is 11.3 Å². The predicted molar refractivity (Wildman–Crippen MR) is 114 cm³/mol. The van der Waals surface area contributed by atoms with Crippen LogP contribution in [0.15, 0.2) is 95.3 Å². The van der Waals surface area contributed by atoms with Gasteiger partial charge in [0, 0.05) is 5.38 Å². The molecule has 0 saturated heterocycles. The van der Waals surface area contributed by atoms with Gasteiger partial charge in [-0.15, -0.1) is 11.3 Å². The molecule has 0 amide bonds. The van der Waals surface area contributed by atoms with Gasteiger partial charge in [0.1, 0.15) is 0 Å². The Bertz CT molecular complexity index is 1070. The summed E-state index contributed by atoms with van der Waals surface area (Å²) >= 11 is 1.71. The molecular formula is C24H22BrN2S-. The SMILES string of the molecule is Cc1ccc(-c2csc(=NCc3ccccc3)n2Cc2ccccc2)cc1.[Br-]. The Morgan fingerprint density at radius 3 is 2.04 bits per heavy atom. The van der Waals surface area contributed by atoms with E-state index in [0.717, 1.165) is 11.3 Å². The second-order valence-corrected chi connectivity index (χ2v) is 7.48. The predicted octanol–water partition coefficient (Wildman–Crippen LogP) is 2.68. The molecule has 4 rings (SSSR count). The molecule has 0 fully saturated rings. The summed E-state index contributed by atoms with van der Waals surface area (Å²) < 4.78 is 2.33. The summed E-state index contributed by atoms with van der Waals surface area (Å²) in [7, 11) is 0. The Balaban J connectivity index is 0.00000225. The maximum Gasteiger partial charge on any atom is 0.185 e. The summed E-state index contributed by atoms with van der Waals surface area (Å²) in [6.45, 7) is 3.64. The Labute approximate surface area is 180 Å². The van der Waals surface area contributed by atoms with Crippen molar-refractivity contribution in [2.75, 3.05) is 0 Å². The Morgan fingerprint density at radius 1 is 0.786 bits per heavy atom. The number of nitrogens with zero attached hydrogens (tertiary/aromatic N) is 2. The Kier molecular flexibility index (Phi) is 7.01. The normalized spacial score (nSPS) is 11.2. The van der Waals surface area contributed by atoms with Crippen molar-refractivity contribution < 1.29 is 17.0 Å². The van der Waals surface area contributed by atoms with Crippen molar-refractivity contribution in [3.05, 3.63) is 112 Å². The minimum atomic E-state index is 0. The fourth-order valence-electron chi connectivity index (χ4n) is 3.07. The molecule has 4 aromatic rings. The first-order valence-corrected chi connectivity index (χ1v) is 10.0. The minimum Gasteiger partial charge on any atom is -1.00 e. The van der Waals surface area contributed by atoms with Crippen molar-refractivity contribution in [2.45, 2.75) is 20.0 Å². The molecule has 0 radical (unpaired) electrons. The number of aryl methyl sites for hydroxylation is 1. The van der Waals surface area contributed by atoms with Crippen LogP contribution in [0.4, 0.5) is 0 Å². The molecular weight excluding hydrogens is 428 g/mol. The molecule has 3 aromatic carbocycles. The molecule has 0 saturated carbocycles. The first-order chi connectivity index (χ1) is 13.3. The zero-order valence-electron chi connectivity index (χ0n) is 15.8. The van der Waals surface area contributed by atoms with Gasteiger partial charge in [-0.2, -0.15) is 0 Å². The Hall–Kier alpha value is -2.43. The van der Waals surface area contributed by atoms with Gasteiger partial charge in [-0.25, -0.2) is 0 Å². The third kappa shape index (κ3) is 4.89. The van der Waals surface area contributed by atoms with Gasteiger partial charge in [0.05, 0.1) is 18.8 Å². The summed E-state index contributed by atoms with van der Waals surface area (Å²) in [5, 5.41) is 2.22. The molecule has 142 valence electrons.